The molecule has 1 saturated heterocycles. The van der Waals surface area contributed by atoms with Crippen molar-refractivity contribution in [1.29, 1.82) is 0 Å². The summed E-state index contributed by atoms with van der Waals surface area (Å²) in [5.41, 5.74) is 0.699. The third-order valence-corrected chi connectivity index (χ3v) is 7.58. The number of hydrogen-bond donors (Lipinski definition) is 1. The predicted molar refractivity (Wildman–Crippen MR) is 122 cm³/mol. The van der Waals surface area contributed by atoms with Crippen molar-refractivity contribution in [1.82, 2.24) is 10.2 Å². The monoisotopic (exact) mass is 488 g/mol. The normalized spacial score (nSPS) is 21.5. The van der Waals surface area contributed by atoms with Gasteiger partial charge in [0, 0.05) is 17.7 Å². The number of halogens is 4. The predicted octanol–water partition coefficient (Wildman–Crippen LogP) is 5.98. The molecule has 0 spiro atoms. The van der Waals surface area contributed by atoms with Crippen molar-refractivity contribution in [2.75, 3.05) is 6.54 Å². The van der Waals surface area contributed by atoms with E-state index in [1.165, 1.54) is 6.42 Å². The molecule has 3 aliphatic rings. The Morgan fingerprint density at radius 1 is 0.971 bits per heavy atom. The first-order chi connectivity index (χ1) is 16.7. The second-order valence-corrected chi connectivity index (χ2v) is 9.97. The fraction of sp³-hybridized carbons (Fsp3) is 0.481. The first kappa shape index (κ1) is 23.8. The Balaban J connectivity index is 1.32. The lowest BCUT2D eigenvalue weighted by Crippen LogP contribution is -2.47. The molecule has 35 heavy (non-hydrogen) atoms. The number of benzene rings is 2. The van der Waals surface area contributed by atoms with E-state index in [4.69, 9.17) is 0 Å². The van der Waals surface area contributed by atoms with Crippen LogP contribution in [-0.4, -0.2) is 29.3 Å². The van der Waals surface area contributed by atoms with Crippen LogP contribution in [0.15, 0.2) is 42.5 Å². The highest BCUT2D eigenvalue weighted by atomic mass is 19.4. The van der Waals surface area contributed by atoms with E-state index in [1.54, 1.807) is 11.0 Å². The molecular weight excluding hydrogens is 460 g/mol. The van der Waals surface area contributed by atoms with Gasteiger partial charge >= 0.3 is 6.18 Å². The van der Waals surface area contributed by atoms with Crippen LogP contribution in [0.3, 0.4) is 0 Å². The van der Waals surface area contributed by atoms with Gasteiger partial charge < -0.3 is 10.2 Å². The topological polar surface area (TPSA) is 49.4 Å². The summed E-state index contributed by atoms with van der Waals surface area (Å²) in [5.74, 6) is -1.12. The summed E-state index contributed by atoms with van der Waals surface area (Å²) < 4.78 is 53.6. The molecule has 8 heteroatoms. The minimum Gasteiger partial charge on any atom is -0.347 e. The van der Waals surface area contributed by atoms with Gasteiger partial charge in [-0.2, -0.15) is 13.2 Å². The fourth-order valence-corrected chi connectivity index (χ4v) is 5.20. The highest BCUT2D eigenvalue weighted by molar-refractivity contribution is 5.98. The van der Waals surface area contributed by atoms with Crippen LogP contribution in [-0.2, 0) is 11.0 Å². The Morgan fingerprint density at radius 2 is 1.74 bits per heavy atom. The maximum atomic E-state index is 14.7. The van der Waals surface area contributed by atoms with Crippen LogP contribution >= 0.6 is 0 Å². The van der Waals surface area contributed by atoms with E-state index in [2.05, 4.69) is 5.32 Å². The van der Waals surface area contributed by atoms with Crippen LogP contribution in [0, 0.1) is 11.7 Å². The van der Waals surface area contributed by atoms with Crippen molar-refractivity contribution < 1.29 is 27.2 Å². The first-order valence-electron chi connectivity index (χ1n) is 12.3. The standard InChI is InChI=1S/C27H28F4N2O2/c28-22-15-20(27(29,30)31)11-12-21(22)24(17-9-10-17)32-25(34)23-8-3-13-33(23)26(35)19-7-2-6-18(14-19)16-4-1-5-16/h2,6-7,11-12,14-17,23-24H,1,3-5,8-10,13H2,(H,32,34)/t23-,24?/m1/s1. The van der Waals surface area contributed by atoms with Crippen LogP contribution in [0.5, 0.6) is 0 Å². The highest BCUT2D eigenvalue weighted by Gasteiger charge is 2.40. The molecule has 2 saturated carbocycles. The molecule has 2 aliphatic carbocycles. The van der Waals surface area contributed by atoms with Crippen LogP contribution in [0.4, 0.5) is 17.6 Å². The molecule has 1 unspecified atom stereocenters. The van der Waals surface area contributed by atoms with Gasteiger partial charge in [-0.15, -0.1) is 0 Å². The molecule has 1 aliphatic heterocycles. The number of amides is 2. The summed E-state index contributed by atoms with van der Waals surface area (Å²) >= 11 is 0. The van der Waals surface area contributed by atoms with Crippen molar-refractivity contribution in [3.63, 3.8) is 0 Å². The molecule has 4 nitrogen and oxygen atoms in total. The van der Waals surface area contributed by atoms with Crippen LogP contribution in [0.1, 0.15) is 84.0 Å². The number of likely N-dealkylation sites (tertiary alicyclic amines) is 1. The summed E-state index contributed by atoms with van der Waals surface area (Å²) in [7, 11) is 0. The average molecular weight is 489 g/mol. The van der Waals surface area contributed by atoms with Gasteiger partial charge in [0.15, 0.2) is 0 Å². The minimum absolute atomic E-state index is 0.0325. The van der Waals surface area contributed by atoms with E-state index >= 15 is 0 Å². The molecule has 2 aromatic rings. The summed E-state index contributed by atoms with van der Waals surface area (Å²) in [4.78, 5) is 28.1. The van der Waals surface area contributed by atoms with Gasteiger partial charge in [0.1, 0.15) is 11.9 Å². The van der Waals surface area contributed by atoms with Gasteiger partial charge in [-0.3, -0.25) is 9.59 Å². The molecule has 0 aromatic heterocycles. The summed E-state index contributed by atoms with van der Waals surface area (Å²) in [6.45, 7) is 0.452. The number of alkyl halides is 3. The molecule has 5 rings (SSSR count). The maximum absolute atomic E-state index is 14.7. The lowest BCUT2D eigenvalue weighted by molar-refractivity contribution is -0.137. The van der Waals surface area contributed by atoms with Gasteiger partial charge in [-0.25, -0.2) is 4.39 Å². The van der Waals surface area contributed by atoms with E-state index in [0.717, 1.165) is 43.4 Å². The zero-order valence-electron chi connectivity index (χ0n) is 19.3. The van der Waals surface area contributed by atoms with Crippen molar-refractivity contribution in [2.24, 2.45) is 5.92 Å². The van der Waals surface area contributed by atoms with Crippen LogP contribution in [0.2, 0.25) is 0 Å². The van der Waals surface area contributed by atoms with Crippen molar-refractivity contribution >= 4 is 11.8 Å². The molecule has 0 radical (unpaired) electrons. The third kappa shape index (κ3) is 4.93. The molecular formula is C27H28F4N2O2. The average Bonchev–Trinajstić information content (AvgIpc) is 3.51. The Kier molecular flexibility index (Phi) is 6.32. The molecule has 1 heterocycles. The van der Waals surface area contributed by atoms with Crippen molar-refractivity contribution in [3.05, 3.63) is 70.5 Å². The zero-order chi connectivity index (χ0) is 24.7. The number of rotatable bonds is 6. The molecule has 0 bridgehead atoms. The smallest absolute Gasteiger partial charge is 0.347 e. The van der Waals surface area contributed by atoms with Gasteiger partial charge in [0.05, 0.1) is 11.6 Å². The van der Waals surface area contributed by atoms with Crippen LogP contribution < -0.4 is 5.32 Å². The molecule has 3 fully saturated rings. The minimum atomic E-state index is -4.64. The molecule has 1 N–H and O–H groups in total. The summed E-state index contributed by atoms with van der Waals surface area (Å²) in [5, 5.41) is 2.87. The molecule has 2 amide bonds. The van der Waals surface area contributed by atoms with E-state index in [1.807, 2.05) is 18.2 Å². The van der Waals surface area contributed by atoms with Crippen LogP contribution in [0.25, 0.3) is 0 Å². The Hall–Kier alpha value is -2.90. The Labute approximate surface area is 201 Å². The number of nitrogens with zero attached hydrogens (tertiary/aromatic N) is 1. The molecule has 186 valence electrons. The second kappa shape index (κ2) is 9.28. The number of hydrogen-bond acceptors (Lipinski definition) is 2. The van der Waals surface area contributed by atoms with E-state index < -0.39 is 29.6 Å². The van der Waals surface area contributed by atoms with Crippen molar-refractivity contribution in [3.8, 4) is 0 Å². The largest absolute Gasteiger partial charge is 0.416 e. The first-order valence-corrected chi connectivity index (χ1v) is 12.3. The lowest BCUT2D eigenvalue weighted by atomic mass is 9.79. The summed E-state index contributed by atoms with van der Waals surface area (Å²) in [6.07, 6.45) is 1.48. The van der Waals surface area contributed by atoms with Gasteiger partial charge in [-0.1, -0.05) is 24.6 Å². The third-order valence-electron chi connectivity index (χ3n) is 7.58. The number of carbonyl (C=O) groups excluding carboxylic acids is 2. The lowest BCUT2D eigenvalue weighted by Gasteiger charge is -2.28. The van der Waals surface area contributed by atoms with Gasteiger partial charge in [0.25, 0.3) is 5.91 Å². The Morgan fingerprint density at radius 3 is 2.37 bits per heavy atom. The van der Waals surface area contributed by atoms with Gasteiger partial charge in [0.2, 0.25) is 5.91 Å². The van der Waals surface area contributed by atoms with Crippen molar-refractivity contribution in [2.45, 2.75) is 69.1 Å². The Bertz CT molecular complexity index is 1120. The number of carbonyl (C=O) groups is 2. The zero-order valence-corrected chi connectivity index (χ0v) is 19.3. The molecule has 2 atom stereocenters. The second-order valence-electron chi connectivity index (χ2n) is 9.97. The fourth-order valence-electron chi connectivity index (χ4n) is 5.20. The molecule has 2 aromatic carbocycles. The SMILES string of the molecule is O=C(NC(c1ccc(C(F)(F)F)cc1F)C1CC1)[C@H]1CCCN1C(=O)c1cccc(C2CCC2)c1. The summed E-state index contributed by atoms with van der Waals surface area (Å²) in [6, 6.07) is 8.64. The number of nitrogens with one attached hydrogen (secondary N) is 1. The van der Waals surface area contributed by atoms with E-state index in [0.29, 0.717) is 36.9 Å². The van der Waals surface area contributed by atoms with Gasteiger partial charge in [-0.05, 0) is 80.2 Å². The van der Waals surface area contributed by atoms with E-state index in [-0.39, 0.29) is 23.3 Å². The maximum Gasteiger partial charge on any atom is 0.416 e. The highest BCUT2D eigenvalue weighted by Crippen LogP contribution is 2.43. The quantitative estimate of drug-likeness (QED) is 0.509. The van der Waals surface area contributed by atoms with E-state index in [9.17, 15) is 27.2 Å².